The van der Waals surface area contributed by atoms with Gasteiger partial charge in [0.2, 0.25) is 5.91 Å². The van der Waals surface area contributed by atoms with E-state index >= 15 is 0 Å². The zero-order valence-electron chi connectivity index (χ0n) is 6.03. The molecule has 0 aromatic heterocycles. The highest BCUT2D eigenvalue weighted by Crippen LogP contribution is 2.34. The predicted molar refractivity (Wildman–Crippen MR) is 41.1 cm³/mol. The first-order valence-electron chi connectivity index (χ1n) is 3.50. The molecular weight excluding hydrogens is 166 g/mol. The van der Waals surface area contributed by atoms with Crippen molar-refractivity contribution in [2.45, 2.75) is 24.5 Å². The largest absolute Gasteiger partial charge is 0.369 e. The molecule has 1 rings (SSSR count). The van der Waals surface area contributed by atoms with E-state index in [4.69, 9.17) is 10.3 Å². The molecule has 0 radical (unpaired) electrons. The summed E-state index contributed by atoms with van der Waals surface area (Å²) in [6.45, 7) is 0. The molecule has 1 amide bonds. The Balaban J connectivity index is 2.43. The molecule has 1 aliphatic rings. The first-order valence-corrected chi connectivity index (χ1v) is 4.67. The molecular formula is C6H11NO3S. The van der Waals surface area contributed by atoms with Crippen LogP contribution in [-0.2, 0) is 15.9 Å². The summed E-state index contributed by atoms with van der Waals surface area (Å²) in [5.41, 5.74) is 4.92. The highest BCUT2D eigenvalue weighted by atomic mass is 32.2. The van der Waals surface area contributed by atoms with E-state index in [1.807, 2.05) is 0 Å². The fourth-order valence-corrected chi connectivity index (χ4v) is 1.59. The lowest BCUT2D eigenvalue weighted by molar-refractivity contribution is -0.117. The van der Waals surface area contributed by atoms with E-state index in [0.717, 1.165) is 12.8 Å². The molecule has 0 aliphatic heterocycles. The average Bonchev–Trinajstić information content (AvgIpc) is 2.63. The van der Waals surface area contributed by atoms with Gasteiger partial charge in [0.25, 0.3) is 0 Å². The lowest BCUT2D eigenvalue weighted by atomic mass is 10.2. The van der Waals surface area contributed by atoms with Gasteiger partial charge in [-0.25, -0.2) is 4.21 Å². The molecule has 64 valence electrons. The van der Waals surface area contributed by atoms with E-state index < -0.39 is 22.2 Å². The fourth-order valence-electron chi connectivity index (χ4n) is 0.954. The predicted octanol–water partition coefficient (Wildman–Crippen LogP) is -0.138. The molecule has 4 nitrogen and oxygen atoms in total. The molecule has 0 spiro atoms. The van der Waals surface area contributed by atoms with E-state index in [2.05, 4.69) is 0 Å². The molecule has 0 aromatic rings. The van der Waals surface area contributed by atoms with Crippen LogP contribution in [0.4, 0.5) is 0 Å². The van der Waals surface area contributed by atoms with E-state index in [-0.39, 0.29) is 0 Å². The third-order valence-corrected chi connectivity index (χ3v) is 2.72. The molecule has 1 fully saturated rings. The number of hydrogen-bond donors (Lipinski definition) is 2. The van der Waals surface area contributed by atoms with Gasteiger partial charge in [-0.2, -0.15) is 0 Å². The highest BCUT2D eigenvalue weighted by Gasteiger charge is 2.31. The minimum Gasteiger partial charge on any atom is -0.369 e. The summed E-state index contributed by atoms with van der Waals surface area (Å²) in [7, 11) is 0. The Hall–Kier alpha value is -0.420. The minimum atomic E-state index is -2.09. The first kappa shape index (κ1) is 8.67. The van der Waals surface area contributed by atoms with Crippen LogP contribution in [0.2, 0.25) is 0 Å². The number of primary amides is 1. The Morgan fingerprint density at radius 3 is 2.55 bits per heavy atom. The molecule has 2 unspecified atom stereocenters. The lowest BCUT2D eigenvalue weighted by Gasteiger charge is -2.06. The van der Waals surface area contributed by atoms with E-state index in [1.54, 1.807) is 0 Å². The van der Waals surface area contributed by atoms with Crippen LogP contribution in [0.25, 0.3) is 0 Å². The fraction of sp³-hybridized carbons (Fsp3) is 0.833. The molecule has 0 aromatic carbocycles. The summed E-state index contributed by atoms with van der Waals surface area (Å²) in [6.07, 6.45) is 2.58. The number of rotatable bonds is 4. The van der Waals surface area contributed by atoms with Crippen molar-refractivity contribution in [3.63, 3.8) is 0 Å². The van der Waals surface area contributed by atoms with Crippen molar-refractivity contribution in [1.29, 1.82) is 0 Å². The summed E-state index contributed by atoms with van der Waals surface area (Å²) in [5.74, 6) is -0.221. The van der Waals surface area contributed by atoms with Crippen LogP contribution in [0.3, 0.4) is 0 Å². The van der Waals surface area contributed by atoms with Gasteiger partial charge in [0.1, 0.15) is 5.25 Å². The van der Waals surface area contributed by atoms with E-state index in [1.165, 1.54) is 0 Å². The van der Waals surface area contributed by atoms with Crippen molar-refractivity contribution >= 4 is 17.0 Å². The second-order valence-corrected chi connectivity index (χ2v) is 3.97. The summed E-state index contributed by atoms with van der Waals surface area (Å²) < 4.78 is 19.1. The monoisotopic (exact) mass is 177 g/mol. The summed E-state index contributed by atoms with van der Waals surface area (Å²) in [4.78, 5) is 10.6. The van der Waals surface area contributed by atoms with E-state index in [9.17, 15) is 9.00 Å². The molecule has 5 heteroatoms. The summed E-state index contributed by atoms with van der Waals surface area (Å²) in [5, 5.41) is -0.859. The molecule has 11 heavy (non-hydrogen) atoms. The van der Waals surface area contributed by atoms with Gasteiger partial charge < -0.3 is 10.3 Å². The SMILES string of the molecule is NC(=O)C(CC1CC1)S(=O)O. The smallest absolute Gasteiger partial charge is 0.235 e. The van der Waals surface area contributed by atoms with Gasteiger partial charge in [-0.3, -0.25) is 4.79 Å². The topological polar surface area (TPSA) is 80.4 Å². The second-order valence-electron chi connectivity index (χ2n) is 2.85. The highest BCUT2D eigenvalue weighted by molar-refractivity contribution is 7.80. The third kappa shape index (κ3) is 2.59. The summed E-state index contributed by atoms with van der Waals surface area (Å²) in [6, 6.07) is 0. The van der Waals surface area contributed by atoms with E-state index in [0.29, 0.717) is 12.3 Å². The maximum absolute atomic E-state index is 10.6. The Morgan fingerprint density at radius 1 is 1.73 bits per heavy atom. The van der Waals surface area contributed by atoms with Gasteiger partial charge in [-0.1, -0.05) is 12.8 Å². The molecule has 1 saturated carbocycles. The summed E-state index contributed by atoms with van der Waals surface area (Å²) >= 11 is -2.09. The average molecular weight is 177 g/mol. The Bertz CT molecular complexity index is 176. The number of hydrogen-bond acceptors (Lipinski definition) is 2. The van der Waals surface area contributed by atoms with Crippen molar-refractivity contribution in [3.8, 4) is 0 Å². The number of carbonyl (C=O) groups is 1. The van der Waals surface area contributed by atoms with Gasteiger partial charge >= 0.3 is 0 Å². The van der Waals surface area contributed by atoms with Gasteiger partial charge in [0.15, 0.2) is 11.1 Å². The molecule has 0 bridgehead atoms. The maximum Gasteiger partial charge on any atom is 0.235 e. The number of amides is 1. The van der Waals surface area contributed by atoms with Gasteiger partial charge in [0, 0.05) is 0 Å². The third-order valence-electron chi connectivity index (χ3n) is 1.81. The van der Waals surface area contributed by atoms with Crippen molar-refractivity contribution in [3.05, 3.63) is 0 Å². The van der Waals surface area contributed by atoms with Crippen molar-refractivity contribution in [1.82, 2.24) is 0 Å². The Labute approximate surface area is 67.4 Å². The second kappa shape index (κ2) is 3.32. The van der Waals surface area contributed by atoms with Gasteiger partial charge in [0.05, 0.1) is 0 Å². The zero-order valence-corrected chi connectivity index (χ0v) is 6.84. The van der Waals surface area contributed by atoms with Crippen LogP contribution >= 0.6 is 0 Å². The quantitative estimate of drug-likeness (QED) is 0.586. The molecule has 3 N–H and O–H groups in total. The maximum atomic E-state index is 10.6. The van der Waals surface area contributed by atoms with Crippen molar-refractivity contribution < 1.29 is 13.6 Å². The number of nitrogens with two attached hydrogens (primary N) is 1. The first-order chi connectivity index (χ1) is 5.11. The molecule has 1 aliphatic carbocycles. The number of carbonyl (C=O) groups excluding carboxylic acids is 1. The van der Waals surface area contributed by atoms with Crippen LogP contribution in [-0.4, -0.2) is 19.9 Å². The lowest BCUT2D eigenvalue weighted by Crippen LogP contribution is -2.32. The molecule has 0 saturated heterocycles. The Morgan fingerprint density at radius 2 is 2.27 bits per heavy atom. The van der Waals surface area contributed by atoms with Crippen LogP contribution in [0.5, 0.6) is 0 Å². The zero-order chi connectivity index (χ0) is 8.43. The van der Waals surface area contributed by atoms with Crippen molar-refractivity contribution in [2.75, 3.05) is 0 Å². The molecule has 0 heterocycles. The van der Waals surface area contributed by atoms with Crippen LogP contribution in [0, 0.1) is 5.92 Å². The van der Waals surface area contributed by atoms with Crippen LogP contribution < -0.4 is 5.73 Å². The van der Waals surface area contributed by atoms with Crippen molar-refractivity contribution in [2.24, 2.45) is 11.7 Å². The standard InChI is InChI=1S/C6H11NO3S/c7-6(8)5(11(9)10)3-4-1-2-4/h4-5H,1-3H2,(H2,7,8)(H,9,10). The molecule has 2 atom stereocenters. The van der Waals surface area contributed by atoms with Crippen LogP contribution in [0.15, 0.2) is 0 Å². The normalized spacial score (nSPS) is 22.6. The minimum absolute atomic E-state index is 0.448. The van der Waals surface area contributed by atoms with Gasteiger partial charge in [-0.15, -0.1) is 0 Å². The van der Waals surface area contributed by atoms with Crippen LogP contribution in [0.1, 0.15) is 19.3 Å². The Kier molecular flexibility index (Phi) is 2.62. The van der Waals surface area contributed by atoms with Gasteiger partial charge in [-0.05, 0) is 12.3 Å².